The van der Waals surface area contributed by atoms with Gasteiger partial charge < -0.3 is 38.7 Å². The van der Waals surface area contributed by atoms with Gasteiger partial charge in [0, 0.05) is 60.8 Å². The van der Waals surface area contributed by atoms with Gasteiger partial charge in [-0.25, -0.2) is 36.9 Å². The van der Waals surface area contributed by atoms with E-state index in [2.05, 4.69) is 20.6 Å². The van der Waals surface area contributed by atoms with E-state index in [1.165, 1.54) is 0 Å². The molecule has 10 rings (SSSR count). The summed E-state index contributed by atoms with van der Waals surface area (Å²) in [5, 5.41) is 16.8. The molecule has 0 spiro atoms. The topological polar surface area (TPSA) is 158 Å². The molecule has 16 nitrogen and oxygen atoms in total. The molecule has 8 aromatic rings. The molecule has 2 aliphatic heterocycles. The molecule has 72 heavy (non-hydrogen) atoms. The van der Waals surface area contributed by atoms with Crippen LogP contribution in [0.15, 0.2) is 110 Å². The summed E-state index contributed by atoms with van der Waals surface area (Å²) in [5.74, 6) is 4.94. The number of anilines is 4. The lowest BCUT2D eigenvalue weighted by Crippen LogP contribution is -2.09. The van der Waals surface area contributed by atoms with E-state index in [0.717, 1.165) is 97.1 Å². The molecule has 0 unspecified atom stereocenters. The monoisotopic (exact) mass is 1030 g/mol. The molecule has 0 radical (unpaired) electrons. The Morgan fingerprint density at radius 3 is 1.36 bits per heavy atom. The lowest BCUT2D eigenvalue weighted by atomic mass is 9.93. The number of methoxy groups -OCH3 is 2. The molecule has 4 aromatic heterocycles. The summed E-state index contributed by atoms with van der Waals surface area (Å²) in [4.78, 5) is 17.8. The maximum Gasteiger partial charge on any atom is 0.272 e. The minimum Gasteiger partial charge on any atom is -0.494 e. The number of alkyl halides is 4. The average Bonchev–Trinajstić information content (AvgIpc) is 4.16. The van der Waals surface area contributed by atoms with Crippen LogP contribution in [0.3, 0.4) is 0 Å². The highest BCUT2D eigenvalue weighted by Crippen LogP contribution is 2.37. The molecular formula is C50H50Cl2F4N12O4. The van der Waals surface area contributed by atoms with Gasteiger partial charge in [0.15, 0.2) is 0 Å². The van der Waals surface area contributed by atoms with Crippen LogP contribution in [0, 0.1) is 0 Å². The molecule has 0 aliphatic carbocycles. The minimum atomic E-state index is -2.50. The van der Waals surface area contributed by atoms with E-state index in [0.29, 0.717) is 45.2 Å². The van der Waals surface area contributed by atoms with Crippen molar-refractivity contribution >= 4 is 46.5 Å². The summed E-state index contributed by atoms with van der Waals surface area (Å²) in [7, 11) is 3.21. The van der Waals surface area contributed by atoms with Crippen molar-refractivity contribution in [2.24, 2.45) is 0 Å². The maximum absolute atomic E-state index is 12.4. The summed E-state index contributed by atoms with van der Waals surface area (Å²) < 4.78 is 78.6. The first-order valence-electron chi connectivity index (χ1n) is 23.2. The quantitative estimate of drug-likeness (QED) is 0.0884. The highest BCUT2D eigenvalue weighted by molar-refractivity contribution is 6.29. The van der Waals surface area contributed by atoms with Gasteiger partial charge in [0.1, 0.15) is 70.8 Å². The average molecular weight is 1030 g/mol. The maximum atomic E-state index is 12.4. The van der Waals surface area contributed by atoms with Crippen molar-refractivity contribution in [3.8, 4) is 34.4 Å². The van der Waals surface area contributed by atoms with Crippen LogP contribution in [-0.2, 0) is 13.1 Å². The number of fused-ring (bicyclic) bond motifs is 2. The van der Waals surface area contributed by atoms with Gasteiger partial charge >= 0.3 is 0 Å². The Bertz CT molecular complexity index is 2850. The Balaban J connectivity index is 0.000000178. The van der Waals surface area contributed by atoms with Gasteiger partial charge in [0.2, 0.25) is 11.9 Å². The molecule has 0 saturated carbocycles. The molecule has 2 atom stereocenters. The third kappa shape index (κ3) is 12.0. The van der Waals surface area contributed by atoms with Crippen LogP contribution in [0.5, 0.6) is 23.0 Å². The second-order valence-corrected chi connectivity index (χ2v) is 17.7. The van der Waals surface area contributed by atoms with Gasteiger partial charge in [0.25, 0.3) is 12.9 Å². The first kappa shape index (κ1) is 49.7. The third-order valence-electron chi connectivity index (χ3n) is 12.1. The summed E-state index contributed by atoms with van der Waals surface area (Å²) in [5.41, 5.74) is 5.26. The smallest absolute Gasteiger partial charge is 0.272 e. The molecule has 6 heterocycles. The zero-order valence-electron chi connectivity index (χ0n) is 39.1. The molecule has 0 bridgehead atoms. The van der Waals surface area contributed by atoms with Gasteiger partial charge in [-0.2, -0.15) is 9.97 Å². The van der Waals surface area contributed by atoms with E-state index in [-0.39, 0.29) is 11.8 Å². The van der Waals surface area contributed by atoms with Gasteiger partial charge in [-0.15, -0.1) is 10.2 Å². The number of aromatic nitrogens is 10. The number of benzene rings is 4. The van der Waals surface area contributed by atoms with E-state index in [4.69, 9.17) is 62.3 Å². The second kappa shape index (κ2) is 22.8. The van der Waals surface area contributed by atoms with Gasteiger partial charge in [-0.3, -0.25) is 0 Å². The number of hydrogen-bond acceptors (Lipinski definition) is 12. The predicted molar refractivity (Wildman–Crippen MR) is 264 cm³/mol. The Morgan fingerprint density at radius 2 is 1.00 bits per heavy atom. The van der Waals surface area contributed by atoms with Crippen molar-refractivity contribution in [3.63, 3.8) is 0 Å². The second-order valence-electron chi connectivity index (χ2n) is 16.9. The van der Waals surface area contributed by atoms with Crippen LogP contribution < -0.4 is 29.6 Å². The Kier molecular flexibility index (Phi) is 15.7. The standard InChI is InChI=1S/2C25H25ClF2N6O2/c2*1-35-21-12-17(7-10-20(21)33-13-22(26)29-15-33)30-25-31-24-19(4-2-3-11-34(24)32-25)16-5-8-18(9-6-16)36-14-23(27)28/h2*5-10,12-13,15,19,23H,2-4,11,14H2,1H3,(H,30,32)/t2*19-/m10/s1. The highest BCUT2D eigenvalue weighted by Gasteiger charge is 2.27. The molecule has 2 aliphatic rings. The lowest BCUT2D eigenvalue weighted by molar-refractivity contribution is 0.0817. The molecular weight excluding hydrogens is 980 g/mol. The molecule has 0 saturated heterocycles. The number of halogens is 6. The Labute approximate surface area is 421 Å². The lowest BCUT2D eigenvalue weighted by Gasteiger charge is -2.15. The molecule has 0 fully saturated rings. The van der Waals surface area contributed by atoms with Crippen LogP contribution in [0.1, 0.15) is 73.1 Å². The Hall–Kier alpha value is -7.32. The SMILES string of the molecule is COc1cc(Nc2nc3n(n2)CCCC[C@@H]3c2ccc(OCC(F)F)cc2)ccc1-n1cnc(Cl)c1.COc1cc(Nc2nc3n(n2)CCCC[C@H]3c2ccc(OCC(F)F)cc2)ccc1-n1cnc(Cl)c1. The van der Waals surface area contributed by atoms with E-state index in [9.17, 15) is 17.6 Å². The van der Waals surface area contributed by atoms with Gasteiger partial charge in [0.05, 0.1) is 25.6 Å². The fourth-order valence-corrected chi connectivity index (χ4v) is 9.03. The molecule has 4 aromatic carbocycles. The van der Waals surface area contributed by atoms with Crippen molar-refractivity contribution in [1.82, 2.24) is 48.6 Å². The zero-order valence-corrected chi connectivity index (χ0v) is 40.7. The van der Waals surface area contributed by atoms with Crippen molar-refractivity contribution in [2.75, 3.05) is 38.1 Å². The summed E-state index contributed by atoms with van der Waals surface area (Å²) >= 11 is 11.9. The van der Waals surface area contributed by atoms with Crippen molar-refractivity contribution in [2.45, 2.75) is 76.3 Å². The fourth-order valence-electron chi connectivity index (χ4n) is 8.74. The van der Waals surface area contributed by atoms with E-state index >= 15 is 0 Å². The van der Waals surface area contributed by atoms with E-state index in [1.54, 1.807) is 72.7 Å². The largest absolute Gasteiger partial charge is 0.494 e. The number of imidazole rings is 2. The van der Waals surface area contributed by atoms with Crippen LogP contribution in [0.4, 0.5) is 40.8 Å². The van der Waals surface area contributed by atoms with Crippen molar-refractivity contribution in [3.05, 3.63) is 143 Å². The molecule has 22 heteroatoms. The first-order valence-corrected chi connectivity index (χ1v) is 24.0. The number of ether oxygens (including phenoxy) is 4. The highest BCUT2D eigenvalue weighted by atomic mass is 35.5. The molecule has 2 N–H and O–H groups in total. The van der Waals surface area contributed by atoms with Gasteiger partial charge in [-0.1, -0.05) is 60.3 Å². The first-order chi connectivity index (χ1) is 35.0. The Morgan fingerprint density at radius 1 is 0.583 bits per heavy atom. The molecule has 0 amide bonds. The number of rotatable bonds is 16. The minimum absolute atomic E-state index is 0.0441. The van der Waals surface area contributed by atoms with Crippen molar-refractivity contribution in [1.29, 1.82) is 0 Å². The summed E-state index contributed by atoms with van der Waals surface area (Å²) in [6.07, 6.45) is 7.58. The molecule has 376 valence electrons. The van der Waals surface area contributed by atoms with Crippen LogP contribution in [0.25, 0.3) is 11.4 Å². The number of aryl methyl sites for hydroxylation is 2. The normalized spacial score (nSPS) is 15.4. The summed E-state index contributed by atoms with van der Waals surface area (Å²) in [6.45, 7) is 0.321. The van der Waals surface area contributed by atoms with E-state index < -0.39 is 26.1 Å². The van der Waals surface area contributed by atoms with Crippen molar-refractivity contribution < 1.29 is 36.5 Å². The fraction of sp³-hybridized carbons (Fsp3) is 0.320. The number of nitrogens with one attached hydrogen (secondary N) is 2. The number of hydrogen-bond donors (Lipinski definition) is 2. The number of nitrogens with zero attached hydrogens (tertiary/aromatic N) is 10. The summed E-state index contributed by atoms with van der Waals surface area (Å²) in [6, 6.07) is 25.9. The van der Waals surface area contributed by atoms with Crippen LogP contribution in [-0.4, -0.2) is 88.9 Å². The van der Waals surface area contributed by atoms with Crippen LogP contribution >= 0.6 is 23.2 Å². The van der Waals surface area contributed by atoms with Crippen LogP contribution in [0.2, 0.25) is 10.3 Å². The van der Waals surface area contributed by atoms with Gasteiger partial charge in [-0.05, 0) is 85.3 Å². The van der Waals surface area contributed by atoms with E-state index in [1.807, 2.05) is 70.0 Å². The predicted octanol–water partition coefficient (Wildman–Crippen LogP) is 11.7. The zero-order chi connectivity index (χ0) is 50.1. The third-order valence-corrected chi connectivity index (χ3v) is 12.5.